The number of benzene rings is 2. The Hall–Kier alpha value is -5.68. The monoisotopic (exact) mass is 520 g/mol. The SMILES string of the molecule is O=C1c2cc(F)c(F)cc2-c2nc3nnnn3nc21.O=C1c2cc(F)c(F)cc2-c2nn3nnnc3nc21. The minimum absolute atomic E-state index is 0.0118. The first kappa shape index (κ1) is 21.6. The highest BCUT2D eigenvalue weighted by Gasteiger charge is 2.34. The van der Waals surface area contributed by atoms with E-state index in [9.17, 15) is 27.2 Å². The second-order valence-electron chi connectivity index (χ2n) is 7.84. The van der Waals surface area contributed by atoms with E-state index in [1.807, 2.05) is 0 Å². The van der Waals surface area contributed by atoms with Gasteiger partial charge in [0.2, 0.25) is 11.6 Å². The van der Waals surface area contributed by atoms with Crippen molar-refractivity contribution in [1.29, 1.82) is 0 Å². The van der Waals surface area contributed by atoms with Crippen molar-refractivity contribution < 1.29 is 27.2 Å². The van der Waals surface area contributed by atoms with Crippen LogP contribution in [0.2, 0.25) is 0 Å². The van der Waals surface area contributed by atoms with Crippen molar-refractivity contribution in [2.45, 2.75) is 0 Å². The van der Waals surface area contributed by atoms with Crippen molar-refractivity contribution >= 4 is 23.1 Å². The van der Waals surface area contributed by atoms with Crippen LogP contribution in [0.15, 0.2) is 24.3 Å². The van der Waals surface area contributed by atoms with Crippen LogP contribution in [0.3, 0.4) is 0 Å². The van der Waals surface area contributed by atoms with Crippen LogP contribution < -0.4 is 0 Å². The largest absolute Gasteiger partial charge is 0.292 e. The molecule has 0 spiro atoms. The van der Waals surface area contributed by atoms with Crippen LogP contribution in [0, 0.1) is 23.3 Å². The van der Waals surface area contributed by atoms with Gasteiger partial charge in [-0.3, -0.25) is 9.59 Å². The summed E-state index contributed by atoms with van der Waals surface area (Å²) in [6.45, 7) is 0. The molecule has 0 N–H and O–H groups in total. The van der Waals surface area contributed by atoms with E-state index < -0.39 is 34.8 Å². The zero-order valence-corrected chi connectivity index (χ0v) is 18.0. The molecule has 0 radical (unpaired) electrons. The third-order valence-corrected chi connectivity index (χ3v) is 5.69. The highest BCUT2D eigenvalue weighted by atomic mass is 19.2. The zero-order chi connectivity index (χ0) is 26.3. The minimum Gasteiger partial charge on any atom is -0.287 e. The Morgan fingerprint density at radius 1 is 0.526 bits per heavy atom. The van der Waals surface area contributed by atoms with Crippen molar-refractivity contribution in [2.75, 3.05) is 0 Å². The van der Waals surface area contributed by atoms with E-state index in [1.54, 1.807) is 0 Å². The quantitative estimate of drug-likeness (QED) is 0.258. The molecule has 0 atom stereocenters. The van der Waals surface area contributed by atoms with Gasteiger partial charge in [-0.15, -0.1) is 10.2 Å². The number of hydrogen-bond acceptors (Lipinski definition) is 12. The Labute approximate surface area is 203 Å². The van der Waals surface area contributed by atoms with Crippen LogP contribution in [0.25, 0.3) is 34.1 Å². The van der Waals surface area contributed by atoms with Gasteiger partial charge in [0.25, 0.3) is 11.6 Å². The van der Waals surface area contributed by atoms with Gasteiger partial charge < -0.3 is 0 Å². The molecule has 0 fully saturated rings. The number of rotatable bonds is 0. The first-order chi connectivity index (χ1) is 18.3. The number of tetrazole rings is 2. The molecule has 0 amide bonds. The zero-order valence-electron chi connectivity index (χ0n) is 18.0. The van der Waals surface area contributed by atoms with Crippen LogP contribution in [0.4, 0.5) is 17.6 Å². The van der Waals surface area contributed by atoms with E-state index in [2.05, 4.69) is 51.2 Å². The summed E-state index contributed by atoms with van der Waals surface area (Å²) in [5.41, 5.74) is 0.674. The maximum atomic E-state index is 13.3. The standard InChI is InChI=1S/2C10H2F2N6O/c11-5-1-3-4(2-6(5)12)9(19)8-7(3)15-18-10(13-8)14-16-17-18;11-5-1-3-4(2-6(5)12)9(19)8-7(3)13-10-14-16-17-18(10)15-8/h2*1-2H. The Morgan fingerprint density at radius 2 is 0.947 bits per heavy atom. The van der Waals surface area contributed by atoms with Crippen LogP contribution >= 0.6 is 0 Å². The molecule has 4 heterocycles. The number of aromatic nitrogens is 12. The van der Waals surface area contributed by atoms with Gasteiger partial charge in [-0.2, -0.15) is 0 Å². The Bertz CT molecular complexity index is 1890. The third-order valence-electron chi connectivity index (χ3n) is 5.69. The highest BCUT2D eigenvalue weighted by Crippen LogP contribution is 2.36. The summed E-state index contributed by atoms with van der Waals surface area (Å²) in [7, 11) is 0. The molecular weight excluding hydrogens is 516 g/mol. The maximum Gasteiger partial charge on any atom is 0.292 e. The van der Waals surface area contributed by atoms with E-state index in [1.165, 1.54) is 0 Å². The number of carbonyl (C=O) groups excluding carboxylic acids is 2. The van der Waals surface area contributed by atoms with E-state index in [0.29, 0.717) is 0 Å². The van der Waals surface area contributed by atoms with Crippen LogP contribution in [0.1, 0.15) is 32.1 Å². The fourth-order valence-electron chi connectivity index (χ4n) is 4.01. The van der Waals surface area contributed by atoms with Crippen LogP contribution in [0.5, 0.6) is 0 Å². The highest BCUT2D eigenvalue weighted by molar-refractivity contribution is 6.20. The lowest BCUT2D eigenvalue weighted by Gasteiger charge is -1.99. The molecule has 2 aliphatic carbocycles. The van der Waals surface area contributed by atoms with Crippen molar-refractivity contribution in [3.8, 4) is 22.5 Å². The van der Waals surface area contributed by atoms with Crippen LogP contribution in [-0.4, -0.2) is 72.0 Å². The maximum absolute atomic E-state index is 13.3. The molecule has 0 unspecified atom stereocenters. The van der Waals surface area contributed by atoms with Crippen molar-refractivity contribution in [3.05, 3.63) is 70.0 Å². The average molecular weight is 520 g/mol. The molecule has 0 saturated carbocycles. The number of ketones is 2. The lowest BCUT2D eigenvalue weighted by molar-refractivity contribution is 0.103. The second kappa shape index (κ2) is 7.41. The summed E-state index contributed by atoms with van der Waals surface area (Å²) in [5, 5.41) is 28.8. The number of nitrogens with zero attached hydrogens (tertiary/aromatic N) is 12. The molecule has 8 rings (SSSR count). The number of hydrogen-bond donors (Lipinski definition) is 0. The van der Waals surface area contributed by atoms with Gasteiger partial charge in [0.15, 0.2) is 29.0 Å². The predicted octanol–water partition coefficient (Wildman–Crippen LogP) is 0.808. The van der Waals surface area contributed by atoms with Gasteiger partial charge in [-0.1, -0.05) is 19.5 Å². The van der Waals surface area contributed by atoms with Crippen molar-refractivity contribution in [1.82, 2.24) is 60.5 Å². The molecule has 2 aromatic carbocycles. The number of halogens is 4. The van der Waals surface area contributed by atoms with Gasteiger partial charge in [0, 0.05) is 22.3 Å². The number of fused-ring (bicyclic) bond motifs is 8. The van der Waals surface area contributed by atoms with Crippen molar-refractivity contribution in [2.24, 2.45) is 0 Å². The van der Waals surface area contributed by atoms with E-state index >= 15 is 0 Å². The summed E-state index contributed by atoms with van der Waals surface area (Å²) < 4.78 is 54.9. The molecular formula is C20H4F4N12O2. The van der Waals surface area contributed by atoms with E-state index in [0.717, 1.165) is 33.5 Å². The summed E-state index contributed by atoms with van der Waals surface area (Å²) >= 11 is 0. The summed E-state index contributed by atoms with van der Waals surface area (Å²) in [6.07, 6.45) is 0. The lowest BCUT2D eigenvalue weighted by Crippen LogP contribution is -2.06. The molecule has 18 heteroatoms. The predicted molar refractivity (Wildman–Crippen MR) is 110 cm³/mol. The fraction of sp³-hybridized carbons (Fsp3) is 0. The minimum atomic E-state index is -1.09. The molecule has 0 saturated heterocycles. The average Bonchev–Trinajstić information content (AvgIpc) is 3.66. The molecule has 4 aromatic heterocycles. The molecule has 38 heavy (non-hydrogen) atoms. The molecule has 184 valence electrons. The Balaban J connectivity index is 0.000000127. The third kappa shape index (κ3) is 2.93. The first-order valence-electron chi connectivity index (χ1n) is 10.3. The topological polar surface area (TPSA) is 172 Å². The van der Waals surface area contributed by atoms with Crippen LogP contribution in [-0.2, 0) is 0 Å². The van der Waals surface area contributed by atoms with Gasteiger partial charge >= 0.3 is 0 Å². The van der Waals surface area contributed by atoms with E-state index in [-0.39, 0.29) is 56.6 Å². The van der Waals surface area contributed by atoms with Gasteiger partial charge in [-0.25, -0.2) is 27.5 Å². The summed E-state index contributed by atoms with van der Waals surface area (Å²) in [4.78, 5) is 32.1. The normalized spacial score (nSPS) is 12.8. The fourth-order valence-corrected chi connectivity index (χ4v) is 4.01. The van der Waals surface area contributed by atoms with Gasteiger partial charge in [-0.05, 0) is 45.1 Å². The van der Waals surface area contributed by atoms with Gasteiger partial charge in [0.1, 0.15) is 17.1 Å². The summed E-state index contributed by atoms with van der Waals surface area (Å²) in [5.74, 6) is -5.24. The molecule has 0 aliphatic heterocycles. The second-order valence-corrected chi connectivity index (χ2v) is 7.84. The number of carbonyl (C=O) groups is 2. The Kier molecular flexibility index (Phi) is 4.21. The smallest absolute Gasteiger partial charge is 0.287 e. The Morgan fingerprint density at radius 3 is 1.50 bits per heavy atom. The van der Waals surface area contributed by atoms with E-state index in [4.69, 9.17) is 0 Å². The molecule has 6 aromatic rings. The molecule has 2 aliphatic rings. The van der Waals surface area contributed by atoms with Crippen molar-refractivity contribution in [3.63, 3.8) is 0 Å². The molecule has 14 nitrogen and oxygen atoms in total. The molecule has 0 bridgehead atoms. The lowest BCUT2D eigenvalue weighted by atomic mass is 10.1. The summed E-state index contributed by atoms with van der Waals surface area (Å²) in [6, 6.07) is 3.51. The van der Waals surface area contributed by atoms with Gasteiger partial charge in [0.05, 0.1) is 0 Å². The first-order valence-corrected chi connectivity index (χ1v) is 10.3.